The molecular weight excluding hydrogens is 336 g/mol. The standard InChI is InChI=1S/C20H20O6/c1-13(21)26-19-10-8-16(24-2)12-17(19)18(22)9-7-14-5-4-6-15(11-14)20(23)25-3/h4-6,8-12,22H,7H2,1-3H3/b18-9-. The SMILES string of the molecule is COC(=O)c1cccc(C/C=C(\O)c2cc(OC)ccc2OC(C)=O)c1. The van der Waals surface area contributed by atoms with Crippen LogP contribution in [0.4, 0.5) is 0 Å². The third-order valence-corrected chi connectivity index (χ3v) is 3.60. The Hall–Kier alpha value is -3.28. The van der Waals surface area contributed by atoms with Crippen LogP contribution in [0.15, 0.2) is 48.5 Å². The quantitative estimate of drug-likeness (QED) is 0.484. The van der Waals surface area contributed by atoms with E-state index in [9.17, 15) is 14.7 Å². The first-order chi connectivity index (χ1) is 12.4. The number of aliphatic hydroxyl groups excluding tert-OH is 1. The summed E-state index contributed by atoms with van der Waals surface area (Å²) in [5.74, 6) is -0.234. The zero-order valence-corrected chi connectivity index (χ0v) is 14.8. The number of benzene rings is 2. The topological polar surface area (TPSA) is 82.1 Å². The Kier molecular flexibility index (Phi) is 6.38. The molecule has 0 amide bonds. The van der Waals surface area contributed by atoms with Crippen molar-refractivity contribution in [3.63, 3.8) is 0 Å². The van der Waals surface area contributed by atoms with Crippen molar-refractivity contribution in [2.24, 2.45) is 0 Å². The molecule has 0 radical (unpaired) electrons. The number of methoxy groups -OCH3 is 2. The normalized spacial score (nSPS) is 11.0. The fourth-order valence-corrected chi connectivity index (χ4v) is 2.35. The average Bonchev–Trinajstić information content (AvgIpc) is 2.65. The number of esters is 2. The number of ether oxygens (including phenoxy) is 3. The van der Waals surface area contributed by atoms with Crippen LogP contribution in [0.25, 0.3) is 5.76 Å². The van der Waals surface area contributed by atoms with Crippen LogP contribution < -0.4 is 9.47 Å². The van der Waals surface area contributed by atoms with E-state index >= 15 is 0 Å². The van der Waals surface area contributed by atoms with Crippen molar-refractivity contribution in [1.29, 1.82) is 0 Å². The third kappa shape index (κ3) is 4.86. The van der Waals surface area contributed by atoms with E-state index in [4.69, 9.17) is 14.2 Å². The van der Waals surface area contributed by atoms with E-state index in [1.807, 2.05) is 6.07 Å². The van der Waals surface area contributed by atoms with Crippen LogP contribution in [0.5, 0.6) is 11.5 Å². The molecule has 0 unspecified atom stereocenters. The number of carbonyl (C=O) groups excluding carboxylic acids is 2. The molecule has 0 aliphatic rings. The maximum absolute atomic E-state index is 11.6. The predicted octanol–water partition coefficient (Wildman–Crippen LogP) is 3.55. The summed E-state index contributed by atoms with van der Waals surface area (Å²) in [7, 11) is 2.82. The van der Waals surface area contributed by atoms with Gasteiger partial charge in [0.2, 0.25) is 0 Å². The summed E-state index contributed by atoms with van der Waals surface area (Å²) in [6.07, 6.45) is 1.94. The molecule has 6 heteroatoms. The molecule has 0 aliphatic heterocycles. The number of allylic oxidation sites excluding steroid dienone is 1. The second-order valence-corrected chi connectivity index (χ2v) is 5.44. The lowest BCUT2D eigenvalue weighted by Crippen LogP contribution is -2.04. The summed E-state index contributed by atoms with van der Waals surface area (Å²) < 4.78 is 15.0. The van der Waals surface area contributed by atoms with Gasteiger partial charge in [-0.2, -0.15) is 0 Å². The van der Waals surface area contributed by atoms with Gasteiger partial charge in [0.25, 0.3) is 0 Å². The molecule has 2 aromatic rings. The van der Waals surface area contributed by atoms with Gasteiger partial charge >= 0.3 is 11.9 Å². The summed E-state index contributed by atoms with van der Waals surface area (Å²) in [6, 6.07) is 11.7. The Labute approximate surface area is 151 Å². The van der Waals surface area contributed by atoms with Gasteiger partial charge in [-0.05, 0) is 48.4 Å². The van der Waals surface area contributed by atoms with Gasteiger partial charge in [0.15, 0.2) is 0 Å². The van der Waals surface area contributed by atoms with Crippen molar-refractivity contribution in [2.75, 3.05) is 14.2 Å². The molecule has 136 valence electrons. The molecule has 0 saturated heterocycles. The number of rotatable bonds is 6. The molecule has 0 fully saturated rings. The largest absolute Gasteiger partial charge is 0.508 e. The second-order valence-electron chi connectivity index (χ2n) is 5.44. The van der Waals surface area contributed by atoms with Gasteiger partial charge < -0.3 is 19.3 Å². The van der Waals surface area contributed by atoms with Crippen LogP contribution in [0.3, 0.4) is 0 Å². The summed E-state index contributed by atoms with van der Waals surface area (Å²) in [5, 5.41) is 10.4. The van der Waals surface area contributed by atoms with Gasteiger partial charge in [-0.15, -0.1) is 0 Å². The van der Waals surface area contributed by atoms with Gasteiger partial charge in [0.05, 0.1) is 25.3 Å². The van der Waals surface area contributed by atoms with E-state index < -0.39 is 11.9 Å². The van der Waals surface area contributed by atoms with E-state index in [-0.39, 0.29) is 11.5 Å². The Balaban J connectivity index is 2.29. The summed E-state index contributed by atoms with van der Waals surface area (Å²) >= 11 is 0. The highest BCUT2D eigenvalue weighted by Gasteiger charge is 2.12. The fraction of sp³-hybridized carbons (Fsp3) is 0.200. The van der Waals surface area contributed by atoms with E-state index in [1.165, 1.54) is 21.1 Å². The highest BCUT2D eigenvalue weighted by Crippen LogP contribution is 2.29. The van der Waals surface area contributed by atoms with Gasteiger partial charge in [-0.1, -0.05) is 12.1 Å². The summed E-state index contributed by atoms with van der Waals surface area (Å²) in [6.45, 7) is 1.28. The van der Waals surface area contributed by atoms with Crippen LogP contribution >= 0.6 is 0 Å². The van der Waals surface area contributed by atoms with E-state index in [1.54, 1.807) is 42.5 Å². The molecule has 2 rings (SSSR count). The van der Waals surface area contributed by atoms with Crippen molar-refractivity contribution in [1.82, 2.24) is 0 Å². The zero-order chi connectivity index (χ0) is 19.1. The highest BCUT2D eigenvalue weighted by molar-refractivity contribution is 5.89. The predicted molar refractivity (Wildman–Crippen MR) is 96.4 cm³/mol. The lowest BCUT2D eigenvalue weighted by atomic mass is 10.1. The molecule has 0 heterocycles. The van der Waals surface area contributed by atoms with E-state index in [0.29, 0.717) is 23.3 Å². The lowest BCUT2D eigenvalue weighted by Gasteiger charge is -2.10. The Morgan fingerprint density at radius 3 is 2.54 bits per heavy atom. The molecule has 26 heavy (non-hydrogen) atoms. The monoisotopic (exact) mass is 356 g/mol. The van der Waals surface area contributed by atoms with Gasteiger partial charge in [0, 0.05) is 6.92 Å². The van der Waals surface area contributed by atoms with Crippen molar-refractivity contribution >= 4 is 17.7 Å². The van der Waals surface area contributed by atoms with Crippen molar-refractivity contribution < 1.29 is 28.9 Å². The first-order valence-corrected chi connectivity index (χ1v) is 7.87. The maximum Gasteiger partial charge on any atom is 0.337 e. The number of hydrogen-bond acceptors (Lipinski definition) is 6. The average molecular weight is 356 g/mol. The molecule has 2 aromatic carbocycles. The first kappa shape index (κ1) is 19.1. The van der Waals surface area contributed by atoms with Crippen LogP contribution in [0.1, 0.15) is 28.4 Å². The molecule has 0 spiro atoms. The van der Waals surface area contributed by atoms with Gasteiger partial charge in [0.1, 0.15) is 17.3 Å². The van der Waals surface area contributed by atoms with Gasteiger partial charge in [-0.3, -0.25) is 4.79 Å². The Morgan fingerprint density at radius 1 is 1.12 bits per heavy atom. The zero-order valence-electron chi connectivity index (χ0n) is 14.8. The molecular formula is C20H20O6. The molecule has 0 saturated carbocycles. The molecule has 0 aliphatic carbocycles. The van der Waals surface area contributed by atoms with Crippen LogP contribution in [0, 0.1) is 0 Å². The first-order valence-electron chi connectivity index (χ1n) is 7.87. The van der Waals surface area contributed by atoms with Crippen LogP contribution in [-0.2, 0) is 16.0 Å². The van der Waals surface area contributed by atoms with E-state index in [0.717, 1.165) is 5.56 Å². The molecule has 0 bridgehead atoms. The fourth-order valence-electron chi connectivity index (χ4n) is 2.35. The Morgan fingerprint density at radius 2 is 1.88 bits per heavy atom. The molecule has 0 aromatic heterocycles. The van der Waals surface area contributed by atoms with Crippen molar-refractivity contribution in [3.8, 4) is 11.5 Å². The number of aliphatic hydroxyl groups is 1. The summed E-state index contributed by atoms with van der Waals surface area (Å²) in [5.41, 5.74) is 1.58. The minimum Gasteiger partial charge on any atom is -0.508 e. The summed E-state index contributed by atoms with van der Waals surface area (Å²) in [4.78, 5) is 22.8. The Bertz CT molecular complexity index is 838. The highest BCUT2D eigenvalue weighted by atomic mass is 16.5. The van der Waals surface area contributed by atoms with Crippen LogP contribution in [-0.4, -0.2) is 31.3 Å². The second kappa shape index (κ2) is 8.71. The molecule has 6 nitrogen and oxygen atoms in total. The molecule has 1 N–H and O–H groups in total. The van der Waals surface area contributed by atoms with Crippen molar-refractivity contribution in [2.45, 2.75) is 13.3 Å². The minimum absolute atomic E-state index is 0.0661. The van der Waals surface area contributed by atoms with Crippen molar-refractivity contribution in [3.05, 3.63) is 65.2 Å². The smallest absolute Gasteiger partial charge is 0.337 e. The van der Waals surface area contributed by atoms with Crippen LogP contribution in [0.2, 0.25) is 0 Å². The third-order valence-electron chi connectivity index (χ3n) is 3.60. The number of carbonyl (C=O) groups is 2. The van der Waals surface area contributed by atoms with Gasteiger partial charge in [-0.25, -0.2) is 4.79 Å². The minimum atomic E-state index is -0.491. The number of hydrogen-bond donors (Lipinski definition) is 1. The molecule has 0 atom stereocenters. The van der Waals surface area contributed by atoms with E-state index in [2.05, 4.69) is 0 Å². The lowest BCUT2D eigenvalue weighted by molar-refractivity contribution is -0.131. The maximum atomic E-state index is 11.6.